The molecule has 27 heavy (non-hydrogen) atoms. The Morgan fingerprint density at radius 3 is 2.81 bits per heavy atom. The van der Waals surface area contributed by atoms with E-state index in [4.69, 9.17) is 20.5 Å². The lowest BCUT2D eigenvalue weighted by Gasteiger charge is -2.19. The van der Waals surface area contributed by atoms with E-state index in [1.54, 1.807) is 0 Å². The summed E-state index contributed by atoms with van der Waals surface area (Å²) in [4.78, 5) is 30.1. The summed E-state index contributed by atoms with van der Waals surface area (Å²) in [6.45, 7) is 1.15. The lowest BCUT2D eigenvalue weighted by molar-refractivity contribution is -0.143. The van der Waals surface area contributed by atoms with Crippen LogP contribution in [-0.4, -0.2) is 38.2 Å². The largest absolute Gasteiger partial charge is 0.467 e. The highest BCUT2D eigenvalue weighted by atomic mass is 16.5. The molecular formula is C16H19N7O4. The molecule has 142 valence electrons. The number of nitrogens with one attached hydrogen (secondary N) is 1. The first-order valence-corrected chi connectivity index (χ1v) is 8.23. The number of carbonyl (C=O) groups is 2. The second-order valence-corrected chi connectivity index (χ2v) is 5.98. The van der Waals surface area contributed by atoms with Crippen molar-refractivity contribution in [3.63, 3.8) is 0 Å². The van der Waals surface area contributed by atoms with Gasteiger partial charge in [0.15, 0.2) is 0 Å². The molecule has 0 aromatic heterocycles. The van der Waals surface area contributed by atoms with Gasteiger partial charge in [-0.15, -0.1) is 0 Å². The summed E-state index contributed by atoms with van der Waals surface area (Å²) in [5.41, 5.74) is 18.0. The van der Waals surface area contributed by atoms with Crippen LogP contribution in [0.2, 0.25) is 0 Å². The van der Waals surface area contributed by atoms with E-state index in [2.05, 4.69) is 25.4 Å². The third-order valence-corrected chi connectivity index (χ3v) is 4.10. The molecule has 1 heterocycles. The van der Waals surface area contributed by atoms with Gasteiger partial charge in [-0.05, 0) is 53.6 Å². The number of azide groups is 2. The summed E-state index contributed by atoms with van der Waals surface area (Å²) in [5, 5.41) is 9.59. The molecule has 1 N–H and O–H groups in total. The van der Waals surface area contributed by atoms with Crippen molar-refractivity contribution in [3.8, 4) is 0 Å². The average molecular weight is 373 g/mol. The molecule has 0 spiro atoms. The summed E-state index contributed by atoms with van der Waals surface area (Å²) in [5.74, 6) is -0.915. The summed E-state index contributed by atoms with van der Waals surface area (Å²) >= 11 is 0. The van der Waals surface area contributed by atoms with Gasteiger partial charge in [-0.2, -0.15) is 0 Å². The predicted octanol–water partition coefficient (Wildman–Crippen LogP) is 3.14. The number of carbonyl (C=O) groups excluding carboxylic acids is 2. The van der Waals surface area contributed by atoms with Crippen LogP contribution in [-0.2, 0) is 20.8 Å². The van der Waals surface area contributed by atoms with Crippen LogP contribution in [0, 0.1) is 5.92 Å². The molecule has 2 atom stereocenters. The second-order valence-electron chi connectivity index (χ2n) is 5.98. The number of benzene rings is 1. The molecular weight excluding hydrogens is 354 g/mol. The van der Waals surface area contributed by atoms with Gasteiger partial charge in [0.2, 0.25) is 0 Å². The maximum Gasteiger partial charge on any atom is 0.328 e. The first-order chi connectivity index (χ1) is 13.1. The fourth-order valence-electron chi connectivity index (χ4n) is 2.82. The molecule has 1 amide bonds. The highest BCUT2D eigenvalue weighted by Crippen LogP contribution is 2.21. The fourth-order valence-corrected chi connectivity index (χ4v) is 2.82. The van der Waals surface area contributed by atoms with Gasteiger partial charge in [-0.3, -0.25) is 4.79 Å². The molecule has 0 aliphatic carbocycles. The quantitative estimate of drug-likeness (QED) is 0.320. The number of hydrogen-bond donors (Lipinski definition) is 1. The number of rotatable bonds is 8. The van der Waals surface area contributed by atoms with Gasteiger partial charge in [-0.25, -0.2) is 4.79 Å². The van der Waals surface area contributed by atoms with E-state index >= 15 is 0 Å². The molecule has 1 saturated heterocycles. The van der Waals surface area contributed by atoms with Gasteiger partial charge in [0.05, 0.1) is 13.7 Å². The molecule has 1 fully saturated rings. The Hall–Kier alpha value is -3.26. The predicted molar refractivity (Wildman–Crippen MR) is 94.9 cm³/mol. The lowest BCUT2D eigenvalue weighted by Crippen LogP contribution is -2.42. The minimum absolute atomic E-state index is 0.00852. The Morgan fingerprint density at radius 2 is 2.19 bits per heavy atom. The zero-order valence-electron chi connectivity index (χ0n) is 14.7. The van der Waals surface area contributed by atoms with Crippen molar-refractivity contribution in [2.75, 3.05) is 20.3 Å². The SMILES string of the molecule is COC(=O)C(CC1CCOC1)NC(=O)c1cc(CN=[N+]=[N-])cc(N=[N+]=[N-])c1. The van der Waals surface area contributed by atoms with Gasteiger partial charge >= 0.3 is 5.97 Å². The maximum absolute atomic E-state index is 12.6. The smallest absolute Gasteiger partial charge is 0.328 e. The van der Waals surface area contributed by atoms with E-state index in [0.29, 0.717) is 25.2 Å². The molecule has 1 aliphatic rings. The van der Waals surface area contributed by atoms with Crippen LogP contribution in [0.1, 0.15) is 28.8 Å². The summed E-state index contributed by atoms with van der Waals surface area (Å²) in [7, 11) is 1.26. The second kappa shape index (κ2) is 10.0. The van der Waals surface area contributed by atoms with Crippen LogP contribution in [0.25, 0.3) is 20.9 Å². The fraction of sp³-hybridized carbons (Fsp3) is 0.500. The normalized spacial score (nSPS) is 16.6. The van der Waals surface area contributed by atoms with Crippen LogP contribution in [0.3, 0.4) is 0 Å². The van der Waals surface area contributed by atoms with Gasteiger partial charge in [0.1, 0.15) is 6.04 Å². The van der Waals surface area contributed by atoms with Crippen LogP contribution in [0.4, 0.5) is 5.69 Å². The molecule has 0 bridgehead atoms. The Bertz CT molecular complexity index is 794. The van der Waals surface area contributed by atoms with E-state index in [1.807, 2.05) is 0 Å². The van der Waals surface area contributed by atoms with Crippen molar-refractivity contribution in [2.45, 2.75) is 25.4 Å². The first-order valence-electron chi connectivity index (χ1n) is 8.23. The third kappa shape index (κ3) is 5.89. The van der Waals surface area contributed by atoms with Crippen molar-refractivity contribution in [1.29, 1.82) is 0 Å². The van der Waals surface area contributed by atoms with Gasteiger partial charge < -0.3 is 14.8 Å². The highest BCUT2D eigenvalue weighted by molar-refractivity contribution is 5.97. The van der Waals surface area contributed by atoms with Gasteiger partial charge in [-0.1, -0.05) is 10.2 Å². The van der Waals surface area contributed by atoms with Crippen LogP contribution in [0.15, 0.2) is 28.4 Å². The Kier molecular flexibility index (Phi) is 7.45. The summed E-state index contributed by atoms with van der Waals surface area (Å²) in [6, 6.07) is 3.59. The highest BCUT2D eigenvalue weighted by Gasteiger charge is 2.28. The zero-order chi connectivity index (χ0) is 19.6. The van der Waals surface area contributed by atoms with Gasteiger partial charge in [0, 0.05) is 34.3 Å². The lowest BCUT2D eigenvalue weighted by atomic mass is 9.98. The number of amides is 1. The number of esters is 1. The van der Waals surface area contributed by atoms with Gasteiger partial charge in [0.25, 0.3) is 5.91 Å². The third-order valence-electron chi connectivity index (χ3n) is 4.10. The van der Waals surface area contributed by atoms with Crippen molar-refractivity contribution in [2.24, 2.45) is 16.1 Å². The maximum atomic E-state index is 12.6. The van der Waals surface area contributed by atoms with Crippen molar-refractivity contribution in [1.82, 2.24) is 5.32 Å². The first kappa shape index (κ1) is 20.1. The van der Waals surface area contributed by atoms with E-state index in [9.17, 15) is 9.59 Å². The monoisotopic (exact) mass is 373 g/mol. The number of nitrogens with zero attached hydrogens (tertiary/aromatic N) is 6. The summed E-state index contributed by atoms with van der Waals surface area (Å²) in [6.07, 6.45) is 1.21. The van der Waals surface area contributed by atoms with E-state index in [-0.39, 0.29) is 23.7 Å². The van der Waals surface area contributed by atoms with E-state index < -0.39 is 17.9 Å². The van der Waals surface area contributed by atoms with E-state index in [0.717, 1.165) is 6.42 Å². The molecule has 0 radical (unpaired) electrons. The Morgan fingerprint density at radius 1 is 1.37 bits per heavy atom. The Balaban J connectivity index is 2.21. The molecule has 1 aliphatic heterocycles. The van der Waals surface area contributed by atoms with Crippen molar-refractivity contribution < 1.29 is 19.1 Å². The average Bonchev–Trinajstić information content (AvgIpc) is 3.18. The number of ether oxygens (including phenoxy) is 2. The molecule has 11 nitrogen and oxygen atoms in total. The van der Waals surface area contributed by atoms with Crippen LogP contribution in [0.5, 0.6) is 0 Å². The zero-order valence-corrected chi connectivity index (χ0v) is 14.7. The topological polar surface area (TPSA) is 162 Å². The van der Waals surface area contributed by atoms with Crippen LogP contribution >= 0.6 is 0 Å². The molecule has 11 heteroatoms. The molecule has 2 unspecified atom stereocenters. The molecule has 2 rings (SSSR count). The number of hydrogen-bond acceptors (Lipinski definition) is 6. The summed E-state index contributed by atoms with van der Waals surface area (Å²) < 4.78 is 10.1. The van der Waals surface area contributed by atoms with Crippen molar-refractivity contribution >= 4 is 17.6 Å². The standard InChI is InChI=1S/C16H19N7O4/c1-26-16(25)14(6-10-2-3-27-9-10)20-15(24)12-4-11(8-19-22-17)5-13(7-12)21-23-18/h4-5,7,10,14H,2-3,6,8-9H2,1H3,(H,20,24). The molecule has 1 aromatic rings. The Labute approximate surface area is 154 Å². The minimum atomic E-state index is -0.821. The van der Waals surface area contributed by atoms with Crippen LogP contribution < -0.4 is 5.32 Å². The van der Waals surface area contributed by atoms with E-state index in [1.165, 1.54) is 25.3 Å². The van der Waals surface area contributed by atoms with Crippen molar-refractivity contribution in [3.05, 3.63) is 50.2 Å². The minimum Gasteiger partial charge on any atom is -0.467 e. The molecule has 1 aromatic carbocycles. The molecule has 0 saturated carbocycles. The number of methoxy groups -OCH3 is 1.